The van der Waals surface area contributed by atoms with Crippen molar-refractivity contribution < 1.29 is 0 Å². The van der Waals surface area contributed by atoms with Gasteiger partial charge in [0, 0.05) is 11.2 Å². The van der Waals surface area contributed by atoms with Gasteiger partial charge in [-0.05, 0) is 41.3 Å². The van der Waals surface area contributed by atoms with Crippen molar-refractivity contribution >= 4 is 21.4 Å². The first-order valence-corrected chi connectivity index (χ1v) is 7.30. The van der Waals surface area contributed by atoms with E-state index in [2.05, 4.69) is 24.3 Å². The van der Waals surface area contributed by atoms with Gasteiger partial charge in [-0.15, -0.1) is 11.3 Å². The molecule has 1 fully saturated rings. The molecule has 18 heavy (non-hydrogen) atoms. The molecule has 0 atom stereocenters. The quantitative estimate of drug-likeness (QED) is 0.886. The van der Waals surface area contributed by atoms with E-state index in [4.69, 9.17) is 5.73 Å². The Labute approximate surface area is 111 Å². The fourth-order valence-corrected chi connectivity index (χ4v) is 4.14. The fraction of sp³-hybridized carbons (Fsp3) is 0.400. The van der Waals surface area contributed by atoms with Gasteiger partial charge in [-0.25, -0.2) is 0 Å². The van der Waals surface area contributed by atoms with Crippen LogP contribution in [0.2, 0.25) is 0 Å². The Morgan fingerprint density at radius 3 is 2.78 bits per heavy atom. The summed E-state index contributed by atoms with van der Waals surface area (Å²) >= 11 is 1.62. The number of fused-ring (bicyclic) bond motifs is 1. The number of hydrogen-bond donors (Lipinski definition) is 1. The first kappa shape index (κ1) is 11.7. The highest BCUT2D eigenvalue weighted by molar-refractivity contribution is 7.19. The average molecular weight is 256 g/mol. The summed E-state index contributed by atoms with van der Waals surface area (Å²) in [6.45, 7) is 0.564. The van der Waals surface area contributed by atoms with E-state index in [1.165, 1.54) is 41.3 Å². The van der Waals surface area contributed by atoms with Crippen molar-refractivity contribution in [2.45, 2.75) is 38.1 Å². The highest BCUT2D eigenvalue weighted by Crippen LogP contribution is 2.43. The van der Waals surface area contributed by atoms with Gasteiger partial charge in [0.15, 0.2) is 0 Å². The molecule has 0 unspecified atom stereocenters. The molecule has 0 bridgehead atoms. The number of hydrogen-bond acceptors (Lipinski definition) is 3. The summed E-state index contributed by atoms with van der Waals surface area (Å²) in [7, 11) is 0. The van der Waals surface area contributed by atoms with Crippen LogP contribution in [0.4, 0.5) is 0 Å². The second-order valence-corrected chi connectivity index (χ2v) is 6.02. The third kappa shape index (κ3) is 1.82. The summed E-state index contributed by atoms with van der Waals surface area (Å²) < 4.78 is 1.22. The lowest BCUT2D eigenvalue weighted by Gasteiger charge is -2.08. The van der Waals surface area contributed by atoms with Gasteiger partial charge < -0.3 is 5.73 Å². The van der Waals surface area contributed by atoms with Crippen LogP contribution in [0.1, 0.15) is 47.6 Å². The lowest BCUT2D eigenvalue weighted by atomic mass is 9.94. The summed E-state index contributed by atoms with van der Waals surface area (Å²) in [5.41, 5.74) is 8.13. The van der Waals surface area contributed by atoms with Crippen LogP contribution in [0.5, 0.6) is 0 Å². The topological polar surface area (TPSA) is 49.8 Å². The van der Waals surface area contributed by atoms with Crippen molar-refractivity contribution in [2.24, 2.45) is 5.73 Å². The van der Waals surface area contributed by atoms with E-state index in [0.717, 1.165) is 10.4 Å². The van der Waals surface area contributed by atoms with Gasteiger partial charge in [0.2, 0.25) is 0 Å². The molecule has 0 aliphatic heterocycles. The van der Waals surface area contributed by atoms with Crippen molar-refractivity contribution in [1.29, 1.82) is 5.26 Å². The first-order chi connectivity index (χ1) is 8.83. The molecule has 3 heteroatoms. The van der Waals surface area contributed by atoms with E-state index in [-0.39, 0.29) is 0 Å². The Morgan fingerprint density at radius 1 is 1.33 bits per heavy atom. The maximum atomic E-state index is 9.34. The maximum Gasteiger partial charge on any atom is 0.110 e. The summed E-state index contributed by atoms with van der Waals surface area (Å²) in [4.78, 5) is 0.908. The monoisotopic (exact) mass is 256 g/mol. The minimum atomic E-state index is 0.564. The van der Waals surface area contributed by atoms with Crippen LogP contribution in [0.3, 0.4) is 0 Å². The average Bonchev–Trinajstić information content (AvgIpc) is 3.03. The van der Waals surface area contributed by atoms with Gasteiger partial charge in [-0.1, -0.05) is 25.0 Å². The van der Waals surface area contributed by atoms with E-state index in [1.54, 1.807) is 11.3 Å². The van der Waals surface area contributed by atoms with E-state index in [0.29, 0.717) is 12.5 Å². The number of thiophene rings is 1. The second kappa shape index (κ2) is 4.72. The van der Waals surface area contributed by atoms with E-state index in [9.17, 15) is 5.26 Å². The molecule has 0 amide bonds. The minimum absolute atomic E-state index is 0.564. The number of nitrogens with zero attached hydrogens (tertiary/aromatic N) is 1. The zero-order valence-electron chi connectivity index (χ0n) is 10.3. The van der Waals surface area contributed by atoms with E-state index in [1.807, 2.05) is 0 Å². The molecule has 0 spiro atoms. The molecular weight excluding hydrogens is 240 g/mol. The van der Waals surface area contributed by atoms with Gasteiger partial charge >= 0.3 is 0 Å². The molecule has 3 rings (SSSR count). The lowest BCUT2D eigenvalue weighted by Crippen LogP contribution is -1.96. The number of benzene rings is 1. The van der Waals surface area contributed by atoms with Crippen LogP contribution in [0, 0.1) is 11.3 Å². The molecule has 2 aromatic rings. The highest BCUT2D eigenvalue weighted by Gasteiger charge is 2.24. The molecule has 1 saturated carbocycles. The molecule has 2 N–H and O–H groups in total. The molecule has 2 nitrogen and oxygen atoms in total. The maximum absolute atomic E-state index is 9.34. The van der Waals surface area contributed by atoms with Crippen molar-refractivity contribution in [2.75, 3.05) is 0 Å². The van der Waals surface area contributed by atoms with Crippen LogP contribution in [0.15, 0.2) is 18.2 Å². The predicted molar refractivity (Wildman–Crippen MR) is 75.6 cm³/mol. The third-order valence-corrected chi connectivity index (χ3v) is 4.97. The van der Waals surface area contributed by atoms with Crippen molar-refractivity contribution in [3.05, 3.63) is 34.2 Å². The Hall–Kier alpha value is -1.37. The van der Waals surface area contributed by atoms with E-state index >= 15 is 0 Å². The third-order valence-electron chi connectivity index (χ3n) is 3.89. The van der Waals surface area contributed by atoms with Crippen LogP contribution >= 0.6 is 11.3 Å². The SMILES string of the molecule is N#Cc1sc2cc(CN)ccc2c1C1CCCC1. The molecule has 1 aromatic carbocycles. The molecule has 0 saturated heterocycles. The molecule has 1 aliphatic rings. The molecule has 1 aliphatic carbocycles. The standard InChI is InChI=1S/C15H16N2S/c16-8-10-5-6-12-13(7-10)18-14(9-17)15(12)11-3-1-2-4-11/h5-7,11H,1-4,8,16H2. The predicted octanol–water partition coefficient (Wildman–Crippen LogP) is 3.89. The Kier molecular flexibility index (Phi) is 3.07. The number of nitriles is 1. The summed E-state index contributed by atoms with van der Waals surface area (Å²) in [5, 5.41) is 10.6. The van der Waals surface area contributed by atoms with Crippen LogP contribution in [-0.2, 0) is 6.54 Å². The molecule has 1 heterocycles. The molecule has 0 radical (unpaired) electrons. The van der Waals surface area contributed by atoms with Crippen LogP contribution in [-0.4, -0.2) is 0 Å². The summed E-state index contributed by atoms with van der Waals surface area (Å²) in [5.74, 6) is 0.595. The molecule has 92 valence electrons. The fourth-order valence-electron chi connectivity index (χ4n) is 2.99. The smallest absolute Gasteiger partial charge is 0.110 e. The largest absolute Gasteiger partial charge is 0.326 e. The summed E-state index contributed by atoms with van der Waals surface area (Å²) in [6, 6.07) is 8.77. The molecule has 1 aromatic heterocycles. The Morgan fingerprint density at radius 2 is 2.11 bits per heavy atom. The Balaban J connectivity index is 2.19. The second-order valence-electron chi connectivity index (χ2n) is 4.97. The van der Waals surface area contributed by atoms with Crippen molar-refractivity contribution in [3.63, 3.8) is 0 Å². The van der Waals surface area contributed by atoms with Crippen LogP contribution in [0.25, 0.3) is 10.1 Å². The van der Waals surface area contributed by atoms with Gasteiger partial charge in [-0.3, -0.25) is 0 Å². The Bertz CT molecular complexity index is 615. The first-order valence-electron chi connectivity index (χ1n) is 6.49. The van der Waals surface area contributed by atoms with Gasteiger partial charge in [0.25, 0.3) is 0 Å². The zero-order valence-corrected chi connectivity index (χ0v) is 11.1. The zero-order chi connectivity index (χ0) is 12.5. The summed E-state index contributed by atoms with van der Waals surface area (Å²) in [6.07, 6.45) is 5.07. The number of nitrogens with two attached hydrogens (primary N) is 1. The van der Waals surface area contributed by atoms with Crippen molar-refractivity contribution in [1.82, 2.24) is 0 Å². The van der Waals surface area contributed by atoms with Crippen LogP contribution < -0.4 is 5.73 Å². The number of rotatable bonds is 2. The molecular formula is C15H16N2S. The van der Waals surface area contributed by atoms with Gasteiger partial charge in [-0.2, -0.15) is 5.26 Å². The highest BCUT2D eigenvalue weighted by atomic mass is 32.1. The van der Waals surface area contributed by atoms with E-state index < -0.39 is 0 Å². The normalized spacial score (nSPS) is 16.2. The van der Waals surface area contributed by atoms with Gasteiger partial charge in [0.1, 0.15) is 10.9 Å². The van der Waals surface area contributed by atoms with Gasteiger partial charge in [0.05, 0.1) is 0 Å². The lowest BCUT2D eigenvalue weighted by molar-refractivity contribution is 0.730. The minimum Gasteiger partial charge on any atom is -0.326 e. The van der Waals surface area contributed by atoms with Crippen molar-refractivity contribution in [3.8, 4) is 6.07 Å².